The second kappa shape index (κ2) is 10.9. The number of halogens is 1. The van der Waals surface area contributed by atoms with Crippen molar-refractivity contribution in [2.75, 3.05) is 25.0 Å². The first-order valence-corrected chi connectivity index (χ1v) is 9.15. The maximum Gasteiger partial charge on any atom is 0.253 e. The van der Waals surface area contributed by atoms with Gasteiger partial charge in [0.2, 0.25) is 11.8 Å². The van der Waals surface area contributed by atoms with Crippen molar-refractivity contribution in [1.29, 1.82) is 0 Å². The summed E-state index contributed by atoms with van der Waals surface area (Å²) >= 11 is 0. The predicted molar refractivity (Wildman–Crippen MR) is 108 cm³/mol. The van der Waals surface area contributed by atoms with Crippen LogP contribution in [0.2, 0.25) is 0 Å². The third-order valence-electron chi connectivity index (χ3n) is 4.63. The molecule has 1 fully saturated rings. The van der Waals surface area contributed by atoms with Gasteiger partial charge < -0.3 is 21.3 Å². The number of nitrogens with two attached hydrogens (primary N) is 1. The molecule has 1 aliphatic rings. The van der Waals surface area contributed by atoms with Crippen LogP contribution in [0.5, 0.6) is 0 Å². The number of carbonyl (C=O) groups excluding carboxylic acids is 3. The number of nitrogens with zero attached hydrogens (tertiary/aromatic N) is 1. The van der Waals surface area contributed by atoms with Gasteiger partial charge in [0.05, 0.1) is 17.2 Å². The van der Waals surface area contributed by atoms with Crippen LogP contribution < -0.4 is 16.4 Å². The maximum absolute atomic E-state index is 12.6. The van der Waals surface area contributed by atoms with Gasteiger partial charge in [-0.25, -0.2) is 0 Å². The van der Waals surface area contributed by atoms with E-state index < -0.39 is 5.92 Å². The average molecular weight is 397 g/mol. The van der Waals surface area contributed by atoms with E-state index in [4.69, 9.17) is 5.73 Å². The van der Waals surface area contributed by atoms with Crippen LogP contribution in [0.3, 0.4) is 0 Å². The van der Waals surface area contributed by atoms with Crippen molar-refractivity contribution in [3.63, 3.8) is 0 Å². The molecule has 0 aromatic heterocycles. The number of hydrogen-bond acceptors (Lipinski definition) is 4. The summed E-state index contributed by atoms with van der Waals surface area (Å²) in [6, 6.07) is 6.96. The molecule has 2 atom stereocenters. The molecule has 1 saturated heterocycles. The molecule has 7 nitrogen and oxygen atoms in total. The molecule has 0 saturated carbocycles. The van der Waals surface area contributed by atoms with Crippen molar-refractivity contribution in [1.82, 2.24) is 10.2 Å². The van der Waals surface area contributed by atoms with E-state index in [2.05, 4.69) is 17.6 Å². The Kier molecular flexibility index (Phi) is 9.25. The maximum atomic E-state index is 12.6. The summed E-state index contributed by atoms with van der Waals surface area (Å²) in [5, 5.41) is 5.51. The van der Waals surface area contributed by atoms with Gasteiger partial charge in [0.1, 0.15) is 0 Å². The fourth-order valence-electron chi connectivity index (χ4n) is 3.21. The Bertz CT molecular complexity index is 668. The first-order valence-electron chi connectivity index (χ1n) is 9.15. The SMILES string of the molecule is CCCC(C)N1CC(C(=O)Nc2ccccc2C(=O)NCCN)CC1=O.Cl. The number of anilines is 1. The third-order valence-corrected chi connectivity index (χ3v) is 4.63. The minimum absolute atomic E-state index is 0. The highest BCUT2D eigenvalue weighted by atomic mass is 35.5. The quantitative estimate of drug-likeness (QED) is 0.622. The number of rotatable bonds is 8. The molecule has 1 aliphatic heterocycles. The highest BCUT2D eigenvalue weighted by molar-refractivity contribution is 6.05. The Hall–Kier alpha value is -2.12. The summed E-state index contributed by atoms with van der Waals surface area (Å²) in [6.07, 6.45) is 2.12. The summed E-state index contributed by atoms with van der Waals surface area (Å²) in [4.78, 5) is 38.9. The molecule has 8 heteroatoms. The number of benzene rings is 1. The Labute approximate surface area is 166 Å². The van der Waals surface area contributed by atoms with E-state index in [1.165, 1.54) is 0 Å². The zero-order valence-electron chi connectivity index (χ0n) is 15.9. The molecule has 27 heavy (non-hydrogen) atoms. The van der Waals surface area contributed by atoms with Gasteiger partial charge in [0.15, 0.2) is 0 Å². The third kappa shape index (κ3) is 5.94. The van der Waals surface area contributed by atoms with E-state index in [1.807, 2.05) is 6.92 Å². The van der Waals surface area contributed by atoms with Gasteiger partial charge >= 0.3 is 0 Å². The average Bonchev–Trinajstić information content (AvgIpc) is 3.02. The summed E-state index contributed by atoms with van der Waals surface area (Å²) in [5.41, 5.74) is 6.24. The molecule has 1 aromatic carbocycles. The van der Waals surface area contributed by atoms with Crippen LogP contribution in [0.1, 0.15) is 43.5 Å². The largest absolute Gasteiger partial charge is 0.351 e. The van der Waals surface area contributed by atoms with E-state index in [1.54, 1.807) is 29.2 Å². The van der Waals surface area contributed by atoms with Crippen LogP contribution >= 0.6 is 12.4 Å². The normalized spacial score (nSPS) is 17.2. The number of hydrogen-bond donors (Lipinski definition) is 3. The van der Waals surface area contributed by atoms with Crippen molar-refractivity contribution in [2.24, 2.45) is 11.7 Å². The van der Waals surface area contributed by atoms with Crippen LogP contribution in [-0.2, 0) is 9.59 Å². The highest BCUT2D eigenvalue weighted by Gasteiger charge is 2.36. The van der Waals surface area contributed by atoms with E-state index in [0.29, 0.717) is 30.9 Å². The van der Waals surface area contributed by atoms with Crippen LogP contribution in [0.15, 0.2) is 24.3 Å². The van der Waals surface area contributed by atoms with E-state index >= 15 is 0 Å². The van der Waals surface area contributed by atoms with Crippen molar-refractivity contribution in [2.45, 2.75) is 39.2 Å². The Morgan fingerprint density at radius 3 is 2.70 bits per heavy atom. The molecule has 0 spiro atoms. The van der Waals surface area contributed by atoms with Gasteiger partial charge in [-0.15, -0.1) is 12.4 Å². The number of para-hydroxylation sites is 1. The standard InChI is InChI=1S/C19H28N4O3.ClH/c1-3-6-13(2)23-12-14(11-17(23)24)18(25)22-16-8-5-4-7-15(16)19(26)21-10-9-20;/h4-5,7-8,13-14H,3,6,9-12,20H2,1-2H3,(H,21,26)(H,22,25);1H. The van der Waals surface area contributed by atoms with Gasteiger partial charge in [-0.2, -0.15) is 0 Å². The van der Waals surface area contributed by atoms with Gasteiger partial charge in [-0.3, -0.25) is 14.4 Å². The van der Waals surface area contributed by atoms with Crippen molar-refractivity contribution < 1.29 is 14.4 Å². The van der Waals surface area contributed by atoms with E-state index in [-0.39, 0.29) is 42.6 Å². The van der Waals surface area contributed by atoms with Crippen molar-refractivity contribution in [3.8, 4) is 0 Å². The predicted octanol–water partition coefficient (Wildman–Crippen LogP) is 1.77. The van der Waals surface area contributed by atoms with Crippen molar-refractivity contribution in [3.05, 3.63) is 29.8 Å². The Balaban J connectivity index is 0.00000364. The highest BCUT2D eigenvalue weighted by Crippen LogP contribution is 2.24. The summed E-state index contributed by atoms with van der Waals surface area (Å²) < 4.78 is 0. The van der Waals surface area contributed by atoms with E-state index in [0.717, 1.165) is 12.8 Å². The van der Waals surface area contributed by atoms with Gasteiger partial charge in [0.25, 0.3) is 5.91 Å². The van der Waals surface area contributed by atoms with Crippen LogP contribution in [0.25, 0.3) is 0 Å². The van der Waals surface area contributed by atoms with Crippen molar-refractivity contribution >= 4 is 35.8 Å². The molecule has 4 N–H and O–H groups in total. The Morgan fingerprint density at radius 1 is 1.33 bits per heavy atom. The molecule has 1 heterocycles. The molecular weight excluding hydrogens is 368 g/mol. The number of amides is 3. The lowest BCUT2D eigenvalue weighted by atomic mass is 10.1. The lowest BCUT2D eigenvalue weighted by molar-refractivity contribution is -0.129. The zero-order chi connectivity index (χ0) is 19.1. The molecular formula is C19H29ClN4O3. The minimum atomic E-state index is -0.401. The molecule has 0 bridgehead atoms. The molecule has 2 unspecified atom stereocenters. The Morgan fingerprint density at radius 2 is 2.04 bits per heavy atom. The van der Waals surface area contributed by atoms with Gasteiger partial charge in [0, 0.05) is 32.1 Å². The molecule has 0 aliphatic carbocycles. The van der Waals surface area contributed by atoms with Crippen LogP contribution in [0.4, 0.5) is 5.69 Å². The fourth-order valence-corrected chi connectivity index (χ4v) is 3.21. The van der Waals surface area contributed by atoms with Crippen LogP contribution in [-0.4, -0.2) is 48.3 Å². The number of likely N-dealkylation sites (tertiary alicyclic amines) is 1. The topological polar surface area (TPSA) is 105 Å². The minimum Gasteiger partial charge on any atom is -0.351 e. The molecule has 2 rings (SSSR count). The molecule has 150 valence electrons. The summed E-state index contributed by atoms with van der Waals surface area (Å²) in [5.74, 6) is -0.905. The first-order chi connectivity index (χ1) is 12.5. The lowest BCUT2D eigenvalue weighted by Gasteiger charge is -2.24. The first kappa shape index (κ1) is 22.9. The van der Waals surface area contributed by atoms with Crippen LogP contribution in [0, 0.1) is 5.92 Å². The van der Waals surface area contributed by atoms with Gasteiger partial charge in [-0.1, -0.05) is 25.5 Å². The van der Waals surface area contributed by atoms with Gasteiger partial charge in [-0.05, 0) is 25.5 Å². The van der Waals surface area contributed by atoms with E-state index in [9.17, 15) is 14.4 Å². The molecule has 3 amide bonds. The second-order valence-electron chi connectivity index (χ2n) is 6.66. The fraction of sp³-hybridized carbons (Fsp3) is 0.526. The summed E-state index contributed by atoms with van der Waals surface area (Å²) in [7, 11) is 0. The number of carbonyl (C=O) groups is 3. The molecule has 1 aromatic rings. The number of nitrogens with one attached hydrogen (secondary N) is 2. The monoisotopic (exact) mass is 396 g/mol. The molecule has 0 radical (unpaired) electrons. The smallest absolute Gasteiger partial charge is 0.253 e. The second-order valence-corrected chi connectivity index (χ2v) is 6.66. The zero-order valence-corrected chi connectivity index (χ0v) is 16.7. The lowest BCUT2D eigenvalue weighted by Crippen LogP contribution is -2.35. The summed E-state index contributed by atoms with van der Waals surface area (Å²) in [6.45, 7) is 5.22.